The van der Waals surface area contributed by atoms with Crippen LogP contribution in [-0.2, 0) is 65.4 Å². The molecule has 0 saturated carbocycles. The second kappa shape index (κ2) is 60.5. The van der Waals surface area contributed by atoms with Crippen molar-refractivity contribution in [2.45, 2.75) is 343 Å². The molecular formula is C70H132O17P2. The van der Waals surface area contributed by atoms with Gasteiger partial charge >= 0.3 is 39.5 Å². The van der Waals surface area contributed by atoms with E-state index >= 15 is 0 Å². The van der Waals surface area contributed by atoms with E-state index in [9.17, 15) is 43.2 Å². The van der Waals surface area contributed by atoms with Crippen LogP contribution in [0.4, 0.5) is 0 Å². The standard InChI is InChI=1S/C70H132O17P2/c1-8-10-11-12-13-14-15-16-17-18-19-23-29-37-44-51-67(72)80-57-65(86-69(74)53-46-39-30-24-21-20-22-28-36-43-50-63(7)9-2)59-84-88(76,77)82-55-64(71)56-83-89(78,79)85-60-66(58-81-68(73)52-45-38-33-32-35-42-49-62(5)6)87-70(75)54-47-40-31-26-25-27-34-41-48-61(3)4/h14-17,61-66,71H,8-13,18-60H2,1-7H3,(H,76,77)(H,78,79)/b15-14-,17-16-/t63?,64-,65-,66-/m1/s1. The quantitative estimate of drug-likeness (QED) is 0.0169. The summed E-state index contributed by atoms with van der Waals surface area (Å²) in [6, 6.07) is 0. The highest BCUT2D eigenvalue weighted by molar-refractivity contribution is 7.47. The number of aliphatic hydroxyl groups excluding tert-OH is 1. The monoisotopic (exact) mass is 1310 g/mol. The zero-order valence-electron chi connectivity index (χ0n) is 57.4. The second-order valence-corrected chi connectivity index (χ2v) is 28.7. The van der Waals surface area contributed by atoms with Crippen molar-refractivity contribution >= 4 is 39.5 Å². The Labute approximate surface area is 542 Å². The van der Waals surface area contributed by atoms with Gasteiger partial charge in [0.1, 0.15) is 19.3 Å². The molecule has 0 aliphatic carbocycles. The number of aliphatic hydroxyl groups is 1. The summed E-state index contributed by atoms with van der Waals surface area (Å²) in [5.41, 5.74) is 0. The van der Waals surface area contributed by atoms with Gasteiger partial charge in [0, 0.05) is 25.7 Å². The van der Waals surface area contributed by atoms with Gasteiger partial charge in [-0.25, -0.2) is 9.13 Å². The summed E-state index contributed by atoms with van der Waals surface area (Å²) in [6.07, 6.45) is 46.8. The highest BCUT2D eigenvalue weighted by atomic mass is 31.2. The number of esters is 4. The van der Waals surface area contributed by atoms with Crippen molar-refractivity contribution in [3.05, 3.63) is 24.3 Å². The summed E-state index contributed by atoms with van der Waals surface area (Å²) in [7, 11) is -9.91. The molecule has 3 N–H and O–H groups in total. The Bertz CT molecular complexity index is 1840. The van der Waals surface area contributed by atoms with Crippen molar-refractivity contribution in [1.29, 1.82) is 0 Å². The summed E-state index contributed by atoms with van der Waals surface area (Å²) in [4.78, 5) is 72.5. The molecule has 0 aromatic carbocycles. The first-order valence-corrected chi connectivity index (χ1v) is 38.7. The first-order chi connectivity index (χ1) is 42.8. The third-order valence-electron chi connectivity index (χ3n) is 15.9. The van der Waals surface area contributed by atoms with Crippen LogP contribution in [0, 0.1) is 17.8 Å². The van der Waals surface area contributed by atoms with E-state index in [2.05, 4.69) is 72.8 Å². The molecule has 0 aliphatic heterocycles. The fraction of sp³-hybridized carbons (Fsp3) is 0.886. The topological polar surface area (TPSA) is 237 Å². The molecule has 0 radical (unpaired) electrons. The summed E-state index contributed by atoms with van der Waals surface area (Å²) in [6.45, 7) is 11.7. The SMILES string of the molecule is CCCCCC/C=C\C=C/CCCCCCCC(=O)OC[C@H](COP(=O)(O)OC[C@@H](O)COP(=O)(O)OC[C@@H](COC(=O)CCCCCCCCC(C)C)OC(=O)CCCCCCCCCCC(C)C)OC(=O)CCCCCCCCCCCCC(C)CC. The minimum absolute atomic E-state index is 0.0987. The van der Waals surface area contributed by atoms with Crippen molar-refractivity contribution in [3.63, 3.8) is 0 Å². The largest absolute Gasteiger partial charge is 0.472 e. The van der Waals surface area contributed by atoms with Crippen LogP contribution in [0.3, 0.4) is 0 Å². The van der Waals surface area contributed by atoms with Crippen LogP contribution in [0.2, 0.25) is 0 Å². The molecule has 0 amide bonds. The predicted octanol–water partition coefficient (Wildman–Crippen LogP) is 19.4. The van der Waals surface area contributed by atoms with Crippen LogP contribution in [-0.4, -0.2) is 96.7 Å². The highest BCUT2D eigenvalue weighted by Gasteiger charge is 2.30. The fourth-order valence-corrected chi connectivity index (χ4v) is 11.5. The normalized spacial score (nSPS) is 14.7. The first-order valence-electron chi connectivity index (χ1n) is 35.7. The molecule has 3 unspecified atom stereocenters. The molecule has 19 heteroatoms. The van der Waals surface area contributed by atoms with Crippen molar-refractivity contribution in [2.75, 3.05) is 39.6 Å². The first kappa shape index (κ1) is 86.5. The van der Waals surface area contributed by atoms with Gasteiger partial charge in [0.2, 0.25) is 0 Å². The maximum absolute atomic E-state index is 13.0. The Kier molecular flexibility index (Phi) is 58.8. The van der Waals surface area contributed by atoms with Crippen LogP contribution in [0.1, 0.15) is 325 Å². The third-order valence-corrected chi connectivity index (χ3v) is 17.8. The van der Waals surface area contributed by atoms with Crippen LogP contribution in [0.15, 0.2) is 24.3 Å². The lowest BCUT2D eigenvalue weighted by atomic mass is 9.99. The van der Waals surface area contributed by atoms with Gasteiger partial charge in [-0.05, 0) is 69.1 Å². The molecule has 0 aromatic rings. The second-order valence-electron chi connectivity index (χ2n) is 25.8. The molecule has 0 spiro atoms. The fourth-order valence-electron chi connectivity index (χ4n) is 9.97. The molecule has 0 rings (SSSR count). The Hall–Kier alpha value is -2.46. The van der Waals surface area contributed by atoms with Crippen molar-refractivity contribution in [2.24, 2.45) is 17.8 Å². The maximum atomic E-state index is 13.0. The lowest BCUT2D eigenvalue weighted by Crippen LogP contribution is -2.30. The minimum atomic E-state index is -4.96. The summed E-state index contributed by atoms with van der Waals surface area (Å²) >= 11 is 0. The number of allylic oxidation sites excluding steroid dienone is 4. The third kappa shape index (κ3) is 62.7. The van der Waals surface area contributed by atoms with Crippen LogP contribution < -0.4 is 0 Å². The molecule has 17 nitrogen and oxygen atoms in total. The van der Waals surface area contributed by atoms with Gasteiger partial charge in [-0.3, -0.25) is 37.3 Å². The number of phosphoric ester groups is 2. The maximum Gasteiger partial charge on any atom is 0.472 e. The molecular weight excluding hydrogens is 1170 g/mol. The average Bonchev–Trinajstić information content (AvgIpc) is 3.71. The highest BCUT2D eigenvalue weighted by Crippen LogP contribution is 2.45. The van der Waals surface area contributed by atoms with Gasteiger partial charge in [-0.1, -0.05) is 272 Å². The molecule has 6 atom stereocenters. The average molecular weight is 1310 g/mol. The number of unbranched alkanes of at least 4 members (excludes halogenated alkanes) is 30. The lowest BCUT2D eigenvalue weighted by Gasteiger charge is -2.21. The zero-order chi connectivity index (χ0) is 65.9. The van der Waals surface area contributed by atoms with Gasteiger partial charge in [0.25, 0.3) is 0 Å². The number of phosphoric acid groups is 2. The minimum Gasteiger partial charge on any atom is -0.462 e. The van der Waals surface area contributed by atoms with E-state index in [1.54, 1.807) is 0 Å². The lowest BCUT2D eigenvalue weighted by molar-refractivity contribution is -0.161. The summed E-state index contributed by atoms with van der Waals surface area (Å²) < 4.78 is 68.2. The van der Waals surface area contributed by atoms with E-state index in [-0.39, 0.29) is 25.7 Å². The van der Waals surface area contributed by atoms with Crippen molar-refractivity contribution in [3.8, 4) is 0 Å². The van der Waals surface area contributed by atoms with E-state index in [0.29, 0.717) is 37.5 Å². The van der Waals surface area contributed by atoms with Gasteiger partial charge in [0.15, 0.2) is 12.2 Å². The molecule has 0 heterocycles. The van der Waals surface area contributed by atoms with E-state index in [1.165, 1.54) is 109 Å². The molecule has 0 bridgehead atoms. The van der Waals surface area contributed by atoms with Crippen LogP contribution in [0.25, 0.3) is 0 Å². The van der Waals surface area contributed by atoms with E-state index in [1.807, 2.05) is 0 Å². The zero-order valence-corrected chi connectivity index (χ0v) is 59.2. The number of carbonyl (C=O) groups excluding carboxylic acids is 4. The Morgan fingerprint density at radius 3 is 1.00 bits per heavy atom. The van der Waals surface area contributed by atoms with Gasteiger partial charge in [-0.2, -0.15) is 0 Å². The smallest absolute Gasteiger partial charge is 0.462 e. The number of hydrogen-bond donors (Lipinski definition) is 3. The number of ether oxygens (including phenoxy) is 4. The number of carbonyl (C=O) groups is 4. The van der Waals surface area contributed by atoms with E-state index in [4.69, 9.17) is 37.0 Å². The summed E-state index contributed by atoms with van der Waals surface area (Å²) in [5.74, 6) is 0.0339. The Balaban J connectivity index is 5.29. The predicted molar refractivity (Wildman–Crippen MR) is 358 cm³/mol. The van der Waals surface area contributed by atoms with Gasteiger partial charge < -0.3 is 33.8 Å². The Morgan fingerprint density at radius 2 is 0.663 bits per heavy atom. The summed E-state index contributed by atoms with van der Waals surface area (Å²) in [5, 5.41) is 10.6. The molecule has 0 aromatic heterocycles. The van der Waals surface area contributed by atoms with Gasteiger partial charge in [0.05, 0.1) is 26.4 Å². The molecule has 524 valence electrons. The molecule has 0 aliphatic rings. The van der Waals surface area contributed by atoms with Gasteiger partial charge in [-0.15, -0.1) is 0 Å². The van der Waals surface area contributed by atoms with E-state index in [0.717, 1.165) is 121 Å². The molecule has 0 fully saturated rings. The molecule has 89 heavy (non-hydrogen) atoms. The van der Waals surface area contributed by atoms with Crippen molar-refractivity contribution < 1.29 is 80.2 Å². The number of rotatable bonds is 66. The van der Waals surface area contributed by atoms with Crippen LogP contribution in [0.5, 0.6) is 0 Å². The Morgan fingerprint density at radius 1 is 0.371 bits per heavy atom. The number of hydrogen-bond acceptors (Lipinski definition) is 15. The van der Waals surface area contributed by atoms with Crippen molar-refractivity contribution in [1.82, 2.24) is 0 Å². The molecule has 0 saturated heterocycles. The van der Waals surface area contributed by atoms with Crippen LogP contribution >= 0.6 is 15.6 Å². The van der Waals surface area contributed by atoms with E-state index < -0.39 is 97.5 Å².